The molecule has 1 aromatic rings. The number of aromatic nitrogens is 1. The van der Waals surface area contributed by atoms with Crippen molar-refractivity contribution in [1.82, 2.24) is 4.98 Å². The molecule has 0 atom stereocenters. The van der Waals surface area contributed by atoms with E-state index in [0.717, 1.165) is 6.08 Å². The second kappa shape index (κ2) is 4.39. The van der Waals surface area contributed by atoms with Crippen LogP contribution in [-0.4, -0.2) is 17.6 Å². The summed E-state index contributed by atoms with van der Waals surface area (Å²) in [6.07, 6.45) is 3.51. The Morgan fingerprint density at radius 3 is 3.15 bits per heavy atom. The molecule has 0 saturated heterocycles. The largest absolute Gasteiger partial charge is 0.461 e. The Kier molecular flexibility index (Phi) is 3.19. The van der Waals surface area contributed by atoms with E-state index in [1.54, 1.807) is 6.92 Å². The van der Waals surface area contributed by atoms with Crippen LogP contribution in [0.4, 0.5) is 4.39 Å². The third-order valence-electron chi connectivity index (χ3n) is 1.17. The summed E-state index contributed by atoms with van der Waals surface area (Å²) in [6, 6.07) is 0. The molecule has 0 aromatic carbocycles. The summed E-state index contributed by atoms with van der Waals surface area (Å²) in [4.78, 5) is 14.3. The van der Waals surface area contributed by atoms with Gasteiger partial charge in [-0.15, -0.1) is 0 Å². The Morgan fingerprint density at radius 2 is 2.62 bits per heavy atom. The number of halogens is 1. The van der Waals surface area contributed by atoms with E-state index < -0.39 is 11.8 Å². The van der Waals surface area contributed by atoms with Gasteiger partial charge in [-0.1, -0.05) is 0 Å². The highest BCUT2D eigenvalue weighted by atomic mass is 19.1. The second-order valence-electron chi connectivity index (χ2n) is 2.08. The summed E-state index contributed by atoms with van der Waals surface area (Å²) in [5.74, 6) is -2.00. The van der Waals surface area contributed by atoms with Gasteiger partial charge in [0.15, 0.2) is 0 Å². The van der Waals surface area contributed by atoms with Crippen molar-refractivity contribution in [1.29, 1.82) is 0 Å². The van der Waals surface area contributed by atoms with Crippen LogP contribution in [-0.2, 0) is 9.53 Å². The van der Waals surface area contributed by atoms with Gasteiger partial charge in [-0.05, 0) is 6.92 Å². The summed E-state index contributed by atoms with van der Waals surface area (Å²) >= 11 is 0. The first-order chi connectivity index (χ1) is 6.24. The summed E-state index contributed by atoms with van der Waals surface area (Å²) in [5, 5.41) is 0. The lowest BCUT2D eigenvalue weighted by molar-refractivity contribution is -0.140. The van der Waals surface area contributed by atoms with Crippen molar-refractivity contribution in [3.8, 4) is 0 Å². The van der Waals surface area contributed by atoms with Gasteiger partial charge in [-0.3, -0.25) is 0 Å². The molecule has 0 aliphatic rings. The van der Waals surface area contributed by atoms with Gasteiger partial charge in [0.05, 0.1) is 12.8 Å². The summed E-state index contributed by atoms with van der Waals surface area (Å²) in [6.45, 7) is 1.72. The molecule has 1 aromatic heterocycles. The fraction of sp³-hybridized carbons (Fsp3) is 0.250. The molecule has 0 fully saturated rings. The van der Waals surface area contributed by atoms with Crippen molar-refractivity contribution in [2.24, 2.45) is 0 Å². The average molecular weight is 185 g/mol. The van der Waals surface area contributed by atoms with Gasteiger partial charge in [0.1, 0.15) is 6.26 Å². The topological polar surface area (TPSA) is 52.3 Å². The Balaban J connectivity index is 2.66. The number of esters is 1. The summed E-state index contributed by atoms with van der Waals surface area (Å²) in [5.41, 5.74) is 0. The third-order valence-corrected chi connectivity index (χ3v) is 1.17. The minimum absolute atomic E-state index is 0.0329. The lowest BCUT2D eigenvalue weighted by Gasteiger charge is -1.96. The van der Waals surface area contributed by atoms with Gasteiger partial charge in [0.25, 0.3) is 0 Å². The lowest BCUT2D eigenvalue weighted by Crippen LogP contribution is -2.03. The predicted molar refractivity (Wildman–Crippen MR) is 42.2 cm³/mol. The van der Waals surface area contributed by atoms with Crippen molar-refractivity contribution >= 4 is 12.0 Å². The van der Waals surface area contributed by atoms with Crippen LogP contribution in [0, 0.1) is 0 Å². The van der Waals surface area contributed by atoms with Crippen molar-refractivity contribution < 1.29 is 18.3 Å². The van der Waals surface area contributed by atoms with E-state index in [-0.39, 0.29) is 12.5 Å². The molecule has 0 aliphatic carbocycles. The van der Waals surface area contributed by atoms with E-state index in [2.05, 4.69) is 9.72 Å². The first-order valence-corrected chi connectivity index (χ1v) is 3.68. The number of carbonyl (C=O) groups is 1. The van der Waals surface area contributed by atoms with E-state index in [1.807, 2.05) is 0 Å². The van der Waals surface area contributed by atoms with Gasteiger partial charge in [-0.25, -0.2) is 9.78 Å². The summed E-state index contributed by atoms with van der Waals surface area (Å²) < 4.78 is 21.9. The lowest BCUT2D eigenvalue weighted by atomic mass is 10.4. The molecule has 5 heteroatoms. The first kappa shape index (κ1) is 9.44. The van der Waals surface area contributed by atoms with E-state index in [4.69, 9.17) is 4.42 Å². The standard InChI is InChI=1S/C8H8FNO3/c1-2-12-8(11)6(9)5-7-10-3-4-13-7/h3-5H,2H2,1H3/b6-5+. The SMILES string of the molecule is CCOC(=O)/C(F)=C\c1ncco1. The minimum atomic E-state index is -1.02. The Hall–Kier alpha value is -1.65. The molecule has 0 N–H and O–H groups in total. The molecule has 0 spiro atoms. The normalized spacial score (nSPS) is 11.4. The van der Waals surface area contributed by atoms with E-state index in [9.17, 15) is 9.18 Å². The fourth-order valence-corrected chi connectivity index (χ4v) is 0.673. The smallest absolute Gasteiger partial charge is 0.367 e. The molecule has 0 unspecified atom stereocenters. The average Bonchev–Trinajstić information content (AvgIpc) is 2.57. The van der Waals surface area contributed by atoms with Crippen molar-refractivity contribution in [3.63, 3.8) is 0 Å². The highest BCUT2D eigenvalue weighted by Gasteiger charge is 2.10. The number of hydrogen-bond donors (Lipinski definition) is 0. The maximum atomic E-state index is 12.8. The van der Waals surface area contributed by atoms with Crippen molar-refractivity contribution in [3.05, 3.63) is 24.2 Å². The van der Waals surface area contributed by atoms with Gasteiger partial charge in [-0.2, -0.15) is 4.39 Å². The Morgan fingerprint density at radius 1 is 1.85 bits per heavy atom. The first-order valence-electron chi connectivity index (χ1n) is 3.68. The zero-order valence-electron chi connectivity index (χ0n) is 6.99. The molecule has 0 saturated carbocycles. The molecule has 4 nitrogen and oxygen atoms in total. The van der Waals surface area contributed by atoms with Gasteiger partial charge < -0.3 is 9.15 Å². The van der Waals surface area contributed by atoms with E-state index in [0.29, 0.717) is 0 Å². The molecular weight excluding hydrogens is 177 g/mol. The van der Waals surface area contributed by atoms with Crippen LogP contribution in [0.3, 0.4) is 0 Å². The maximum absolute atomic E-state index is 12.8. The molecule has 0 amide bonds. The monoisotopic (exact) mass is 185 g/mol. The van der Waals surface area contributed by atoms with Crippen LogP contribution >= 0.6 is 0 Å². The molecule has 13 heavy (non-hydrogen) atoms. The molecule has 0 aliphatic heterocycles. The maximum Gasteiger partial charge on any atom is 0.367 e. The molecule has 0 radical (unpaired) electrons. The van der Waals surface area contributed by atoms with Crippen LogP contribution in [0.25, 0.3) is 6.08 Å². The molecule has 70 valence electrons. The number of carbonyl (C=O) groups excluding carboxylic acids is 1. The zero-order chi connectivity index (χ0) is 9.68. The number of hydrogen-bond acceptors (Lipinski definition) is 4. The highest BCUT2D eigenvalue weighted by molar-refractivity contribution is 5.90. The highest BCUT2D eigenvalue weighted by Crippen LogP contribution is 2.06. The van der Waals surface area contributed by atoms with Crippen LogP contribution in [0.1, 0.15) is 12.8 Å². The minimum Gasteiger partial charge on any atom is -0.461 e. The summed E-state index contributed by atoms with van der Waals surface area (Å²) in [7, 11) is 0. The fourth-order valence-electron chi connectivity index (χ4n) is 0.673. The number of rotatable bonds is 3. The predicted octanol–water partition coefficient (Wildman–Crippen LogP) is 1.55. The molecule has 1 heterocycles. The van der Waals surface area contributed by atoms with Gasteiger partial charge in [0, 0.05) is 6.08 Å². The van der Waals surface area contributed by atoms with Gasteiger partial charge >= 0.3 is 5.97 Å². The number of ether oxygens (including phenoxy) is 1. The van der Waals surface area contributed by atoms with Gasteiger partial charge in [0.2, 0.25) is 11.7 Å². The number of oxazole rings is 1. The van der Waals surface area contributed by atoms with Crippen LogP contribution < -0.4 is 0 Å². The Bertz CT molecular complexity index is 305. The molecule has 0 bridgehead atoms. The van der Waals surface area contributed by atoms with Crippen LogP contribution in [0.15, 0.2) is 22.7 Å². The van der Waals surface area contributed by atoms with Crippen molar-refractivity contribution in [2.75, 3.05) is 6.61 Å². The zero-order valence-corrected chi connectivity index (χ0v) is 6.99. The van der Waals surface area contributed by atoms with E-state index in [1.165, 1.54) is 12.5 Å². The molecular formula is C8H8FNO3. The quantitative estimate of drug-likeness (QED) is 0.529. The van der Waals surface area contributed by atoms with Crippen molar-refractivity contribution in [2.45, 2.75) is 6.92 Å². The number of nitrogens with zero attached hydrogens (tertiary/aromatic N) is 1. The van der Waals surface area contributed by atoms with Crippen LogP contribution in [0.5, 0.6) is 0 Å². The second-order valence-corrected chi connectivity index (χ2v) is 2.08. The van der Waals surface area contributed by atoms with Crippen LogP contribution in [0.2, 0.25) is 0 Å². The third kappa shape index (κ3) is 2.70. The Labute approximate surface area is 74.0 Å². The molecule has 1 rings (SSSR count). The van der Waals surface area contributed by atoms with E-state index >= 15 is 0 Å².